The monoisotopic (exact) mass is 256 g/mol. The number of aromatic nitrogens is 1. The maximum atomic E-state index is 6.03. The van der Waals surface area contributed by atoms with E-state index >= 15 is 0 Å². The average Bonchev–Trinajstić information content (AvgIpc) is 2.96. The molecule has 0 unspecified atom stereocenters. The van der Waals surface area contributed by atoms with Crippen LogP contribution in [0.3, 0.4) is 0 Å². The second-order valence-corrected chi connectivity index (χ2v) is 5.45. The van der Waals surface area contributed by atoms with E-state index in [2.05, 4.69) is 12.1 Å². The van der Waals surface area contributed by atoms with E-state index in [0.717, 1.165) is 35.2 Å². The fourth-order valence-electron chi connectivity index (χ4n) is 3.14. The summed E-state index contributed by atoms with van der Waals surface area (Å²) in [5.74, 6) is 0.872. The van der Waals surface area contributed by atoms with E-state index in [1.54, 1.807) is 7.11 Å². The molecule has 3 nitrogen and oxygen atoms in total. The van der Waals surface area contributed by atoms with Crippen molar-refractivity contribution in [3.8, 4) is 5.75 Å². The summed E-state index contributed by atoms with van der Waals surface area (Å²) in [6, 6.07) is 10.3. The Balaban J connectivity index is 2.06. The lowest BCUT2D eigenvalue weighted by molar-refractivity contribution is 0.415. The van der Waals surface area contributed by atoms with E-state index in [9.17, 15) is 0 Å². The SMILES string of the molecule is COc1ccc2nc(C3(CN)CCCC3)ccc2c1. The number of rotatable bonds is 3. The van der Waals surface area contributed by atoms with Gasteiger partial charge >= 0.3 is 0 Å². The van der Waals surface area contributed by atoms with Gasteiger partial charge in [-0.05, 0) is 37.1 Å². The Hall–Kier alpha value is -1.61. The minimum absolute atomic E-state index is 0.105. The van der Waals surface area contributed by atoms with Crippen LogP contribution in [0.25, 0.3) is 10.9 Å². The molecule has 100 valence electrons. The Bertz CT molecular complexity index is 588. The smallest absolute Gasteiger partial charge is 0.119 e. The van der Waals surface area contributed by atoms with Crippen LogP contribution in [-0.2, 0) is 5.41 Å². The minimum atomic E-state index is 0.105. The number of benzene rings is 1. The molecule has 0 aliphatic heterocycles. The van der Waals surface area contributed by atoms with Crippen LogP contribution < -0.4 is 10.5 Å². The number of hydrogen-bond acceptors (Lipinski definition) is 3. The van der Waals surface area contributed by atoms with Crippen molar-refractivity contribution in [3.63, 3.8) is 0 Å². The number of pyridine rings is 1. The van der Waals surface area contributed by atoms with Crippen molar-refractivity contribution in [2.75, 3.05) is 13.7 Å². The fraction of sp³-hybridized carbons (Fsp3) is 0.438. The third kappa shape index (κ3) is 2.08. The van der Waals surface area contributed by atoms with Crippen molar-refractivity contribution >= 4 is 10.9 Å². The Morgan fingerprint density at radius 2 is 2.00 bits per heavy atom. The molecule has 1 heterocycles. The molecule has 0 amide bonds. The van der Waals surface area contributed by atoms with Crippen LogP contribution in [0.4, 0.5) is 0 Å². The largest absolute Gasteiger partial charge is 0.497 e. The summed E-state index contributed by atoms with van der Waals surface area (Å²) < 4.78 is 5.25. The van der Waals surface area contributed by atoms with Crippen LogP contribution >= 0.6 is 0 Å². The maximum Gasteiger partial charge on any atom is 0.119 e. The molecule has 0 atom stereocenters. The second kappa shape index (κ2) is 4.82. The lowest BCUT2D eigenvalue weighted by atomic mass is 9.82. The molecule has 0 radical (unpaired) electrons. The number of nitrogens with two attached hydrogens (primary N) is 1. The Morgan fingerprint density at radius 1 is 1.21 bits per heavy atom. The van der Waals surface area contributed by atoms with E-state index in [4.69, 9.17) is 15.5 Å². The van der Waals surface area contributed by atoms with Gasteiger partial charge in [-0.3, -0.25) is 4.98 Å². The van der Waals surface area contributed by atoms with Gasteiger partial charge in [-0.25, -0.2) is 0 Å². The number of hydrogen-bond donors (Lipinski definition) is 1. The molecule has 1 aromatic carbocycles. The summed E-state index contributed by atoms with van der Waals surface area (Å²) in [7, 11) is 1.69. The second-order valence-electron chi connectivity index (χ2n) is 5.45. The highest BCUT2D eigenvalue weighted by atomic mass is 16.5. The van der Waals surface area contributed by atoms with Gasteiger partial charge in [0.15, 0.2) is 0 Å². The first-order chi connectivity index (χ1) is 9.27. The van der Waals surface area contributed by atoms with Gasteiger partial charge in [-0.2, -0.15) is 0 Å². The van der Waals surface area contributed by atoms with Crippen molar-refractivity contribution < 1.29 is 4.74 Å². The zero-order valence-electron chi connectivity index (χ0n) is 11.4. The van der Waals surface area contributed by atoms with Gasteiger partial charge in [-0.1, -0.05) is 18.9 Å². The first-order valence-corrected chi connectivity index (χ1v) is 6.93. The van der Waals surface area contributed by atoms with Crippen LogP contribution in [0.15, 0.2) is 30.3 Å². The summed E-state index contributed by atoms with van der Waals surface area (Å²) in [4.78, 5) is 4.84. The van der Waals surface area contributed by atoms with Gasteiger partial charge in [0.25, 0.3) is 0 Å². The predicted octanol–water partition coefficient (Wildman–Crippen LogP) is 3.01. The molecule has 2 N–H and O–H groups in total. The van der Waals surface area contributed by atoms with Crippen molar-refractivity contribution in [3.05, 3.63) is 36.0 Å². The van der Waals surface area contributed by atoms with E-state index in [0.29, 0.717) is 6.54 Å². The summed E-state index contributed by atoms with van der Waals surface area (Å²) in [6.07, 6.45) is 4.86. The van der Waals surface area contributed by atoms with Gasteiger partial charge in [0.1, 0.15) is 5.75 Å². The summed E-state index contributed by atoms with van der Waals surface area (Å²) in [6.45, 7) is 0.696. The summed E-state index contributed by atoms with van der Waals surface area (Å²) >= 11 is 0. The molecule has 3 heteroatoms. The molecule has 1 saturated carbocycles. The number of fused-ring (bicyclic) bond motifs is 1. The van der Waals surface area contributed by atoms with Crippen molar-refractivity contribution in [1.29, 1.82) is 0 Å². The van der Waals surface area contributed by atoms with E-state index in [-0.39, 0.29) is 5.41 Å². The molecule has 0 bridgehead atoms. The molecule has 19 heavy (non-hydrogen) atoms. The minimum Gasteiger partial charge on any atom is -0.497 e. The third-order valence-electron chi connectivity index (χ3n) is 4.39. The molecule has 2 aromatic rings. The third-order valence-corrected chi connectivity index (χ3v) is 4.39. The molecule has 1 aliphatic carbocycles. The van der Waals surface area contributed by atoms with Gasteiger partial charge in [0.2, 0.25) is 0 Å². The highest BCUT2D eigenvalue weighted by molar-refractivity contribution is 5.80. The topological polar surface area (TPSA) is 48.1 Å². The Morgan fingerprint density at radius 3 is 2.68 bits per heavy atom. The van der Waals surface area contributed by atoms with Crippen molar-refractivity contribution in [1.82, 2.24) is 4.98 Å². The van der Waals surface area contributed by atoms with Crippen LogP contribution in [0, 0.1) is 0 Å². The quantitative estimate of drug-likeness (QED) is 0.918. The zero-order valence-corrected chi connectivity index (χ0v) is 11.4. The number of nitrogens with zero attached hydrogens (tertiary/aromatic N) is 1. The zero-order chi connectivity index (χ0) is 13.3. The van der Waals surface area contributed by atoms with Gasteiger partial charge < -0.3 is 10.5 Å². The van der Waals surface area contributed by atoms with E-state index in [1.807, 2.05) is 18.2 Å². The van der Waals surface area contributed by atoms with Crippen molar-refractivity contribution in [2.24, 2.45) is 5.73 Å². The number of ether oxygens (including phenoxy) is 1. The van der Waals surface area contributed by atoms with Crippen LogP contribution in [-0.4, -0.2) is 18.6 Å². The summed E-state index contributed by atoms with van der Waals surface area (Å²) in [5, 5.41) is 1.12. The van der Waals surface area contributed by atoms with E-state index < -0.39 is 0 Å². The fourth-order valence-corrected chi connectivity index (χ4v) is 3.14. The molecular weight excluding hydrogens is 236 g/mol. The average molecular weight is 256 g/mol. The van der Waals surface area contributed by atoms with Gasteiger partial charge in [0, 0.05) is 23.0 Å². The highest BCUT2D eigenvalue weighted by Gasteiger charge is 2.35. The normalized spacial score (nSPS) is 17.8. The van der Waals surface area contributed by atoms with Crippen LogP contribution in [0.2, 0.25) is 0 Å². The lowest BCUT2D eigenvalue weighted by Gasteiger charge is -2.26. The summed E-state index contributed by atoms with van der Waals surface area (Å²) in [5.41, 5.74) is 8.32. The van der Waals surface area contributed by atoms with Crippen LogP contribution in [0.1, 0.15) is 31.4 Å². The first-order valence-electron chi connectivity index (χ1n) is 6.93. The van der Waals surface area contributed by atoms with E-state index in [1.165, 1.54) is 12.8 Å². The van der Waals surface area contributed by atoms with Crippen molar-refractivity contribution in [2.45, 2.75) is 31.1 Å². The molecule has 0 spiro atoms. The standard InChI is InChI=1S/C16H20N2O/c1-19-13-5-6-14-12(10-13)4-7-15(18-14)16(11-17)8-2-3-9-16/h4-7,10H,2-3,8-9,11,17H2,1H3. The molecule has 1 aromatic heterocycles. The Kier molecular flexibility index (Phi) is 3.15. The first kappa shape index (κ1) is 12.4. The predicted molar refractivity (Wildman–Crippen MR) is 77.5 cm³/mol. The molecule has 1 fully saturated rings. The maximum absolute atomic E-state index is 6.03. The Labute approximate surface area is 113 Å². The lowest BCUT2D eigenvalue weighted by Crippen LogP contribution is -2.32. The molecule has 1 aliphatic rings. The molecule has 0 saturated heterocycles. The molecule has 3 rings (SSSR count). The molecular formula is C16H20N2O. The van der Waals surface area contributed by atoms with Crippen LogP contribution in [0.5, 0.6) is 5.75 Å². The van der Waals surface area contributed by atoms with Gasteiger partial charge in [0.05, 0.1) is 12.6 Å². The number of methoxy groups -OCH3 is 1. The van der Waals surface area contributed by atoms with Gasteiger partial charge in [-0.15, -0.1) is 0 Å². The highest BCUT2D eigenvalue weighted by Crippen LogP contribution is 2.39.